The van der Waals surface area contributed by atoms with Crippen molar-refractivity contribution in [3.8, 4) is 0 Å². The van der Waals surface area contributed by atoms with E-state index in [1.54, 1.807) is 0 Å². The molecular formula is C15H21F2NO2. The fraction of sp³-hybridized carbons (Fsp3) is 0.533. The molecule has 5 heteroatoms. The Kier molecular flexibility index (Phi) is 6.07. The average Bonchev–Trinajstić information content (AvgIpc) is 2.35. The number of carbonyl (C=O) groups is 1. The molecule has 1 aromatic carbocycles. The molecule has 0 aliphatic heterocycles. The first-order valence-corrected chi connectivity index (χ1v) is 6.52. The molecule has 0 heterocycles. The summed E-state index contributed by atoms with van der Waals surface area (Å²) in [5, 5.41) is 2.77. The fourth-order valence-corrected chi connectivity index (χ4v) is 1.80. The summed E-state index contributed by atoms with van der Waals surface area (Å²) >= 11 is 0. The van der Waals surface area contributed by atoms with Crippen LogP contribution in [0.15, 0.2) is 30.3 Å². The van der Waals surface area contributed by atoms with E-state index in [0.717, 1.165) is 5.56 Å². The van der Waals surface area contributed by atoms with Crippen LogP contribution in [0.4, 0.5) is 8.78 Å². The summed E-state index contributed by atoms with van der Waals surface area (Å²) in [4.78, 5) is 12.1. The number of alkyl halides is 2. The topological polar surface area (TPSA) is 38.3 Å². The molecule has 0 aliphatic carbocycles. The number of amides is 1. The van der Waals surface area contributed by atoms with E-state index < -0.39 is 17.9 Å². The van der Waals surface area contributed by atoms with Crippen LogP contribution in [0.1, 0.15) is 26.3 Å². The molecule has 1 unspecified atom stereocenters. The van der Waals surface area contributed by atoms with Crippen molar-refractivity contribution in [3.05, 3.63) is 35.9 Å². The Bertz CT molecular complexity index is 416. The van der Waals surface area contributed by atoms with Crippen LogP contribution in [0.5, 0.6) is 0 Å². The summed E-state index contributed by atoms with van der Waals surface area (Å²) in [5.74, 6) is -0.901. The Morgan fingerprint density at radius 1 is 1.25 bits per heavy atom. The highest BCUT2D eigenvalue weighted by molar-refractivity contribution is 5.79. The minimum Gasteiger partial charge on any atom is -0.352 e. The highest BCUT2D eigenvalue weighted by Gasteiger charge is 2.32. The molecule has 1 atom stereocenters. The monoisotopic (exact) mass is 285 g/mol. The second-order valence-electron chi connectivity index (χ2n) is 5.72. The standard InChI is InChI=1S/C15H21F2NO2/c1-15(2,3)12(10-20-14(16)17)13(19)18-9-11-7-5-4-6-8-11/h4-8,12,14H,9-10H2,1-3H3,(H,18,19). The van der Waals surface area contributed by atoms with Gasteiger partial charge >= 0.3 is 6.61 Å². The van der Waals surface area contributed by atoms with E-state index in [0.29, 0.717) is 6.54 Å². The van der Waals surface area contributed by atoms with E-state index in [-0.39, 0.29) is 12.5 Å². The summed E-state index contributed by atoms with van der Waals surface area (Å²) in [5.41, 5.74) is 0.513. The third kappa shape index (κ3) is 5.65. The van der Waals surface area contributed by atoms with Gasteiger partial charge in [0.05, 0.1) is 12.5 Å². The molecule has 0 fully saturated rings. The lowest BCUT2D eigenvalue weighted by Crippen LogP contribution is -2.40. The predicted octanol–water partition coefficient (Wildman–Crippen LogP) is 3.20. The molecular weight excluding hydrogens is 264 g/mol. The largest absolute Gasteiger partial charge is 0.352 e. The van der Waals surface area contributed by atoms with Crippen LogP contribution < -0.4 is 5.32 Å². The lowest BCUT2D eigenvalue weighted by Gasteiger charge is -2.29. The van der Waals surface area contributed by atoms with Crippen molar-refractivity contribution in [2.75, 3.05) is 6.61 Å². The second-order valence-corrected chi connectivity index (χ2v) is 5.72. The minimum atomic E-state index is -2.86. The number of nitrogens with one attached hydrogen (secondary N) is 1. The van der Waals surface area contributed by atoms with Crippen LogP contribution in [0.3, 0.4) is 0 Å². The van der Waals surface area contributed by atoms with Crippen molar-refractivity contribution in [1.82, 2.24) is 5.32 Å². The van der Waals surface area contributed by atoms with Gasteiger partial charge in [-0.1, -0.05) is 51.1 Å². The number of halogens is 2. The molecule has 112 valence electrons. The Morgan fingerprint density at radius 3 is 2.35 bits per heavy atom. The summed E-state index contributed by atoms with van der Waals surface area (Å²) in [7, 11) is 0. The lowest BCUT2D eigenvalue weighted by atomic mass is 9.80. The van der Waals surface area contributed by atoms with Crippen LogP contribution in [0, 0.1) is 11.3 Å². The SMILES string of the molecule is CC(C)(C)C(COC(F)F)C(=O)NCc1ccccc1. The Balaban J connectivity index is 2.59. The predicted molar refractivity (Wildman–Crippen MR) is 73.2 cm³/mol. The smallest absolute Gasteiger partial charge is 0.345 e. The molecule has 3 nitrogen and oxygen atoms in total. The maximum absolute atomic E-state index is 12.1. The third-order valence-electron chi connectivity index (χ3n) is 3.06. The molecule has 0 bridgehead atoms. The van der Waals surface area contributed by atoms with Crippen LogP contribution >= 0.6 is 0 Å². The highest BCUT2D eigenvalue weighted by Crippen LogP contribution is 2.27. The van der Waals surface area contributed by atoms with Gasteiger partial charge in [0.25, 0.3) is 0 Å². The third-order valence-corrected chi connectivity index (χ3v) is 3.06. The van der Waals surface area contributed by atoms with E-state index in [2.05, 4.69) is 10.1 Å². The van der Waals surface area contributed by atoms with Crippen LogP contribution in [0.25, 0.3) is 0 Å². The van der Waals surface area contributed by atoms with Gasteiger partial charge < -0.3 is 10.1 Å². The van der Waals surface area contributed by atoms with Crippen LogP contribution in [-0.2, 0) is 16.1 Å². The first kappa shape index (κ1) is 16.6. The second kappa shape index (κ2) is 7.33. The molecule has 1 amide bonds. The first-order valence-electron chi connectivity index (χ1n) is 6.52. The Labute approximate surface area is 118 Å². The van der Waals surface area contributed by atoms with Crippen LogP contribution in [0.2, 0.25) is 0 Å². The molecule has 0 saturated heterocycles. The average molecular weight is 285 g/mol. The van der Waals surface area contributed by atoms with Gasteiger partial charge in [0, 0.05) is 6.54 Å². The summed E-state index contributed by atoms with van der Waals surface area (Å²) in [6.07, 6.45) is 0. The van der Waals surface area contributed by atoms with Gasteiger partial charge in [-0.25, -0.2) is 0 Å². The normalized spacial score (nSPS) is 13.3. The highest BCUT2D eigenvalue weighted by atomic mass is 19.3. The number of benzene rings is 1. The summed E-state index contributed by atoms with van der Waals surface area (Å²) in [6.45, 7) is 2.71. The van der Waals surface area contributed by atoms with Gasteiger partial charge in [-0.2, -0.15) is 8.78 Å². The molecule has 0 radical (unpaired) electrons. The quantitative estimate of drug-likeness (QED) is 0.871. The minimum absolute atomic E-state index is 0.276. The van der Waals surface area contributed by atoms with Crippen molar-refractivity contribution in [3.63, 3.8) is 0 Å². The number of hydrogen-bond acceptors (Lipinski definition) is 2. The van der Waals surface area contributed by atoms with Gasteiger partial charge in [-0.05, 0) is 11.0 Å². The van der Waals surface area contributed by atoms with Crippen molar-refractivity contribution < 1.29 is 18.3 Å². The number of rotatable bonds is 6. The molecule has 0 aromatic heterocycles. The van der Waals surface area contributed by atoms with E-state index >= 15 is 0 Å². The van der Waals surface area contributed by atoms with E-state index in [9.17, 15) is 13.6 Å². The summed E-state index contributed by atoms with van der Waals surface area (Å²) < 4.78 is 28.6. The van der Waals surface area contributed by atoms with Crippen LogP contribution in [-0.4, -0.2) is 19.1 Å². The molecule has 0 saturated carbocycles. The van der Waals surface area contributed by atoms with Gasteiger partial charge in [0.2, 0.25) is 5.91 Å². The maximum atomic E-state index is 12.1. The molecule has 1 aromatic rings. The van der Waals surface area contributed by atoms with E-state index in [1.165, 1.54) is 0 Å². The zero-order chi connectivity index (χ0) is 15.2. The van der Waals surface area contributed by atoms with E-state index in [1.807, 2.05) is 51.1 Å². The van der Waals surface area contributed by atoms with Gasteiger partial charge in [-0.15, -0.1) is 0 Å². The molecule has 20 heavy (non-hydrogen) atoms. The zero-order valence-corrected chi connectivity index (χ0v) is 12.0. The molecule has 1 N–H and O–H groups in total. The fourth-order valence-electron chi connectivity index (χ4n) is 1.80. The van der Waals surface area contributed by atoms with Gasteiger partial charge in [-0.3, -0.25) is 4.79 Å². The van der Waals surface area contributed by atoms with Crippen molar-refractivity contribution in [1.29, 1.82) is 0 Å². The molecule has 0 spiro atoms. The first-order chi connectivity index (χ1) is 9.30. The van der Waals surface area contributed by atoms with Crippen molar-refractivity contribution in [2.24, 2.45) is 11.3 Å². The Morgan fingerprint density at radius 2 is 1.85 bits per heavy atom. The van der Waals surface area contributed by atoms with Gasteiger partial charge in [0.1, 0.15) is 0 Å². The van der Waals surface area contributed by atoms with E-state index in [4.69, 9.17) is 0 Å². The molecule has 1 rings (SSSR count). The van der Waals surface area contributed by atoms with Crippen molar-refractivity contribution in [2.45, 2.75) is 33.9 Å². The lowest BCUT2D eigenvalue weighted by molar-refractivity contribution is -0.156. The number of carbonyl (C=O) groups excluding carboxylic acids is 1. The number of ether oxygens (including phenoxy) is 1. The van der Waals surface area contributed by atoms with Gasteiger partial charge in [0.15, 0.2) is 0 Å². The number of hydrogen-bond donors (Lipinski definition) is 1. The molecule has 0 aliphatic rings. The Hall–Kier alpha value is -1.49. The summed E-state index contributed by atoms with van der Waals surface area (Å²) in [6, 6.07) is 9.43. The maximum Gasteiger partial charge on any atom is 0.345 e. The van der Waals surface area contributed by atoms with Crippen molar-refractivity contribution >= 4 is 5.91 Å². The zero-order valence-electron chi connectivity index (χ0n) is 12.0.